The molecule has 2 aromatic rings. The molecule has 1 unspecified atom stereocenters. The van der Waals surface area contributed by atoms with Gasteiger partial charge in [-0.1, -0.05) is 28.1 Å². The third-order valence-corrected chi connectivity index (χ3v) is 4.30. The Labute approximate surface area is 158 Å². The van der Waals surface area contributed by atoms with E-state index < -0.39 is 18.5 Å². The van der Waals surface area contributed by atoms with E-state index in [1.807, 2.05) is 0 Å². The maximum absolute atomic E-state index is 13.8. The van der Waals surface area contributed by atoms with Crippen LogP contribution < -0.4 is 10.1 Å². The zero-order valence-corrected chi connectivity index (χ0v) is 15.8. The molecule has 8 heteroatoms. The molecule has 4 nitrogen and oxygen atoms in total. The SMILES string of the molecule is CC(C(=O)Nc1ccc(Br)cc1F)N(C)Cc1ccc(OC(F)F)cc1. The lowest BCUT2D eigenvalue weighted by atomic mass is 10.1. The van der Waals surface area contributed by atoms with Gasteiger partial charge in [0.1, 0.15) is 11.6 Å². The number of hydrogen-bond donors (Lipinski definition) is 1. The zero-order chi connectivity index (χ0) is 19.3. The van der Waals surface area contributed by atoms with Gasteiger partial charge in [0.25, 0.3) is 0 Å². The first-order chi connectivity index (χ1) is 12.3. The predicted octanol–water partition coefficient (Wildman–Crippen LogP) is 4.65. The molecule has 0 spiro atoms. The average Bonchev–Trinajstić information content (AvgIpc) is 2.57. The van der Waals surface area contributed by atoms with E-state index in [9.17, 15) is 18.0 Å². The molecule has 0 saturated heterocycles. The fourth-order valence-electron chi connectivity index (χ4n) is 2.23. The number of carbonyl (C=O) groups excluding carboxylic acids is 1. The molecule has 1 N–H and O–H groups in total. The summed E-state index contributed by atoms with van der Waals surface area (Å²) in [4.78, 5) is 14.1. The molecule has 2 rings (SSSR count). The summed E-state index contributed by atoms with van der Waals surface area (Å²) in [5, 5.41) is 2.55. The molecule has 26 heavy (non-hydrogen) atoms. The van der Waals surface area contributed by atoms with Crippen molar-refractivity contribution in [1.82, 2.24) is 4.90 Å². The number of amides is 1. The summed E-state index contributed by atoms with van der Waals surface area (Å²) < 4.78 is 43.0. The number of anilines is 1. The Morgan fingerprint density at radius 3 is 2.46 bits per heavy atom. The van der Waals surface area contributed by atoms with Crippen molar-refractivity contribution >= 4 is 27.5 Å². The van der Waals surface area contributed by atoms with Crippen LogP contribution in [0.2, 0.25) is 0 Å². The second-order valence-corrected chi connectivity index (χ2v) is 6.64. The van der Waals surface area contributed by atoms with Crippen molar-refractivity contribution in [3.05, 3.63) is 58.3 Å². The van der Waals surface area contributed by atoms with E-state index in [1.54, 1.807) is 37.1 Å². The van der Waals surface area contributed by atoms with Gasteiger partial charge >= 0.3 is 6.61 Å². The Balaban J connectivity index is 1.95. The second-order valence-electron chi connectivity index (χ2n) is 5.73. The van der Waals surface area contributed by atoms with Crippen LogP contribution in [0.4, 0.5) is 18.9 Å². The molecule has 0 aliphatic carbocycles. The number of halogens is 4. The molecule has 0 aromatic heterocycles. The third kappa shape index (κ3) is 5.74. The minimum Gasteiger partial charge on any atom is -0.435 e. The Bertz CT molecular complexity index is 757. The molecule has 2 aromatic carbocycles. The molecule has 1 amide bonds. The van der Waals surface area contributed by atoms with Crippen LogP contribution >= 0.6 is 15.9 Å². The molecule has 0 bridgehead atoms. The summed E-state index contributed by atoms with van der Waals surface area (Å²) in [6.07, 6.45) is 0. The van der Waals surface area contributed by atoms with Gasteiger partial charge < -0.3 is 10.1 Å². The molecule has 0 radical (unpaired) electrons. The van der Waals surface area contributed by atoms with Gasteiger partial charge in [-0.3, -0.25) is 9.69 Å². The van der Waals surface area contributed by atoms with Crippen LogP contribution in [0.3, 0.4) is 0 Å². The fraction of sp³-hybridized carbons (Fsp3) is 0.278. The van der Waals surface area contributed by atoms with E-state index in [2.05, 4.69) is 26.0 Å². The summed E-state index contributed by atoms with van der Waals surface area (Å²) in [6, 6.07) is 10.0. The van der Waals surface area contributed by atoms with Crippen molar-refractivity contribution in [2.24, 2.45) is 0 Å². The first kappa shape index (κ1) is 20.3. The van der Waals surface area contributed by atoms with E-state index in [0.29, 0.717) is 11.0 Å². The highest BCUT2D eigenvalue weighted by Gasteiger charge is 2.19. The van der Waals surface area contributed by atoms with Crippen LogP contribution in [-0.2, 0) is 11.3 Å². The fourth-order valence-corrected chi connectivity index (χ4v) is 2.56. The average molecular weight is 431 g/mol. The van der Waals surface area contributed by atoms with E-state index in [4.69, 9.17) is 0 Å². The number of nitrogens with zero attached hydrogens (tertiary/aromatic N) is 1. The van der Waals surface area contributed by atoms with E-state index >= 15 is 0 Å². The van der Waals surface area contributed by atoms with Crippen molar-refractivity contribution in [3.8, 4) is 5.75 Å². The topological polar surface area (TPSA) is 41.6 Å². The summed E-state index contributed by atoms with van der Waals surface area (Å²) in [6.45, 7) is -0.765. The van der Waals surface area contributed by atoms with E-state index in [0.717, 1.165) is 5.56 Å². The van der Waals surface area contributed by atoms with Crippen molar-refractivity contribution in [2.75, 3.05) is 12.4 Å². The number of hydrogen-bond acceptors (Lipinski definition) is 3. The highest BCUT2D eigenvalue weighted by molar-refractivity contribution is 9.10. The van der Waals surface area contributed by atoms with Crippen molar-refractivity contribution < 1.29 is 22.7 Å². The predicted molar refractivity (Wildman–Crippen MR) is 96.7 cm³/mol. The van der Waals surface area contributed by atoms with Crippen molar-refractivity contribution in [1.29, 1.82) is 0 Å². The van der Waals surface area contributed by atoms with Crippen LogP contribution in [0.1, 0.15) is 12.5 Å². The minimum atomic E-state index is -2.87. The van der Waals surface area contributed by atoms with E-state index in [1.165, 1.54) is 24.3 Å². The van der Waals surface area contributed by atoms with Crippen LogP contribution in [-0.4, -0.2) is 30.5 Å². The van der Waals surface area contributed by atoms with Crippen LogP contribution in [0.15, 0.2) is 46.9 Å². The third-order valence-electron chi connectivity index (χ3n) is 3.81. The van der Waals surface area contributed by atoms with Crippen molar-refractivity contribution in [2.45, 2.75) is 26.1 Å². The number of ether oxygens (including phenoxy) is 1. The first-order valence-electron chi connectivity index (χ1n) is 7.76. The van der Waals surface area contributed by atoms with Gasteiger partial charge in [0, 0.05) is 11.0 Å². The van der Waals surface area contributed by atoms with Gasteiger partial charge in [0.15, 0.2) is 0 Å². The van der Waals surface area contributed by atoms with Crippen LogP contribution in [0, 0.1) is 5.82 Å². The minimum absolute atomic E-state index is 0.0721. The Hall–Kier alpha value is -2.06. The maximum Gasteiger partial charge on any atom is 0.387 e. The molecule has 0 saturated carbocycles. The quantitative estimate of drug-likeness (QED) is 0.694. The molecule has 0 heterocycles. The maximum atomic E-state index is 13.8. The summed E-state index contributed by atoms with van der Waals surface area (Å²) in [5.74, 6) is -0.813. The lowest BCUT2D eigenvalue weighted by molar-refractivity contribution is -0.120. The Kier molecular flexibility index (Phi) is 7.05. The van der Waals surface area contributed by atoms with Crippen molar-refractivity contribution in [3.63, 3.8) is 0 Å². The summed E-state index contributed by atoms with van der Waals surface area (Å²) in [7, 11) is 1.74. The number of carbonyl (C=O) groups is 1. The van der Waals surface area contributed by atoms with Crippen LogP contribution in [0.5, 0.6) is 5.75 Å². The number of alkyl halides is 2. The van der Waals surface area contributed by atoms with E-state index in [-0.39, 0.29) is 17.3 Å². The standard InChI is InChI=1S/C18H18BrF3N2O2/c1-11(17(25)23-16-8-5-13(19)9-15(16)20)24(2)10-12-3-6-14(7-4-12)26-18(21)22/h3-9,11,18H,10H2,1-2H3,(H,23,25). The zero-order valence-electron chi connectivity index (χ0n) is 14.2. The monoisotopic (exact) mass is 430 g/mol. The number of likely N-dealkylation sites (N-methyl/N-ethyl adjacent to an activating group) is 1. The Morgan fingerprint density at radius 2 is 1.88 bits per heavy atom. The molecule has 0 aliphatic rings. The van der Waals surface area contributed by atoms with Gasteiger partial charge in [0.05, 0.1) is 11.7 Å². The molecule has 1 atom stereocenters. The number of rotatable bonds is 7. The highest BCUT2D eigenvalue weighted by atomic mass is 79.9. The lowest BCUT2D eigenvalue weighted by Gasteiger charge is -2.24. The van der Waals surface area contributed by atoms with Gasteiger partial charge in [-0.2, -0.15) is 8.78 Å². The van der Waals surface area contributed by atoms with Gasteiger partial charge in [-0.25, -0.2) is 4.39 Å². The Morgan fingerprint density at radius 1 is 1.23 bits per heavy atom. The molecule has 0 fully saturated rings. The number of benzene rings is 2. The second kappa shape index (κ2) is 9.05. The molecular formula is C18H18BrF3N2O2. The largest absolute Gasteiger partial charge is 0.435 e. The summed E-state index contributed by atoms with van der Waals surface area (Å²) in [5.41, 5.74) is 0.926. The summed E-state index contributed by atoms with van der Waals surface area (Å²) >= 11 is 3.16. The lowest BCUT2D eigenvalue weighted by Crippen LogP contribution is -2.39. The highest BCUT2D eigenvalue weighted by Crippen LogP contribution is 2.20. The van der Waals surface area contributed by atoms with Gasteiger partial charge in [-0.05, 0) is 49.9 Å². The molecular weight excluding hydrogens is 413 g/mol. The normalized spacial score (nSPS) is 12.3. The number of nitrogens with one attached hydrogen (secondary N) is 1. The molecule has 140 valence electrons. The first-order valence-corrected chi connectivity index (χ1v) is 8.55. The van der Waals surface area contributed by atoms with Crippen LogP contribution in [0.25, 0.3) is 0 Å². The smallest absolute Gasteiger partial charge is 0.387 e. The van der Waals surface area contributed by atoms with Gasteiger partial charge in [0.2, 0.25) is 5.91 Å². The molecule has 0 aliphatic heterocycles. The van der Waals surface area contributed by atoms with Gasteiger partial charge in [-0.15, -0.1) is 0 Å².